The Morgan fingerprint density at radius 3 is 1.89 bits per heavy atom. The number of imidazole rings is 1. The molecule has 1 aliphatic heterocycles. The van der Waals surface area contributed by atoms with E-state index in [4.69, 9.17) is 14.1 Å². The van der Waals surface area contributed by atoms with Crippen molar-refractivity contribution in [1.29, 1.82) is 0 Å². The minimum atomic E-state index is -0.0348. The van der Waals surface area contributed by atoms with Crippen molar-refractivity contribution in [2.75, 3.05) is 0 Å². The highest BCUT2D eigenvalue weighted by molar-refractivity contribution is 6.17. The van der Waals surface area contributed by atoms with Gasteiger partial charge in [-0.2, -0.15) is 0 Å². The molecule has 0 saturated carbocycles. The first kappa shape index (κ1) is 43.8. The fourth-order valence-corrected chi connectivity index (χ4v) is 11.8. The second kappa shape index (κ2) is 16.9. The van der Waals surface area contributed by atoms with Crippen LogP contribution in [0.5, 0.6) is 11.5 Å². The summed E-state index contributed by atoms with van der Waals surface area (Å²) in [5.41, 5.74) is 20.0. The summed E-state index contributed by atoms with van der Waals surface area (Å²) in [4.78, 5) is 4.92. The highest BCUT2D eigenvalue weighted by Gasteiger charge is 2.28. The van der Waals surface area contributed by atoms with Crippen molar-refractivity contribution in [3.8, 4) is 84.3 Å². The van der Waals surface area contributed by atoms with E-state index in [1.807, 2.05) is 12.3 Å². The molecular formula is C70H48N4O2. The van der Waals surface area contributed by atoms with Crippen LogP contribution in [0.1, 0.15) is 26.3 Å². The fraction of sp³-hybridized carbons (Fsp3) is 0.0571. The van der Waals surface area contributed by atoms with E-state index in [0.717, 1.165) is 133 Å². The SMILES string of the molecule is CC(C)(C)c1ccnc(-n2c3ccccc3c3ccc(Oc4cccc(-n5[c-][n+]6c7c(cccc75)-c5ccccc5-c5ccccc5-c5ccc7oc8c(-c9ccccc9)cc(-c9ccccc9)cc8c7c5-6)c4)cc32)c1. The summed E-state index contributed by atoms with van der Waals surface area (Å²) < 4.78 is 20.8. The van der Waals surface area contributed by atoms with Crippen LogP contribution in [0, 0.1) is 6.33 Å². The first-order valence-electron chi connectivity index (χ1n) is 25.9. The molecule has 0 aliphatic carbocycles. The third-order valence-electron chi connectivity index (χ3n) is 15.3. The van der Waals surface area contributed by atoms with Gasteiger partial charge in [0.1, 0.15) is 28.5 Å². The Labute approximate surface area is 439 Å². The van der Waals surface area contributed by atoms with E-state index in [2.05, 4.69) is 265 Å². The summed E-state index contributed by atoms with van der Waals surface area (Å²) >= 11 is 0. The molecule has 15 rings (SSSR count). The largest absolute Gasteiger partial charge is 0.458 e. The molecule has 4 aromatic heterocycles. The van der Waals surface area contributed by atoms with Crippen LogP contribution in [-0.4, -0.2) is 14.1 Å². The Morgan fingerprint density at radius 2 is 1.12 bits per heavy atom. The average Bonchev–Trinajstić information content (AvgIpc) is 4.17. The first-order chi connectivity index (χ1) is 37.3. The third-order valence-corrected chi connectivity index (χ3v) is 15.3. The predicted molar refractivity (Wildman–Crippen MR) is 309 cm³/mol. The summed E-state index contributed by atoms with van der Waals surface area (Å²) in [6, 6.07) is 82.0. The molecule has 6 nitrogen and oxygen atoms in total. The van der Waals surface area contributed by atoms with E-state index < -0.39 is 0 Å². The van der Waals surface area contributed by atoms with Crippen molar-refractivity contribution < 1.29 is 13.7 Å². The van der Waals surface area contributed by atoms with Crippen molar-refractivity contribution >= 4 is 54.8 Å². The van der Waals surface area contributed by atoms with Crippen LogP contribution in [-0.2, 0) is 5.41 Å². The van der Waals surface area contributed by atoms with Gasteiger partial charge in [-0.3, -0.25) is 13.7 Å². The van der Waals surface area contributed by atoms with Crippen molar-refractivity contribution in [1.82, 2.24) is 14.1 Å². The maximum Gasteiger partial charge on any atom is 0.269 e. The molecule has 0 atom stereocenters. The maximum atomic E-state index is 7.13. The minimum absolute atomic E-state index is 0.0348. The molecule has 0 radical (unpaired) electrons. The van der Waals surface area contributed by atoms with E-state index in [1.165, 1.54) is 5.56 Å². The van der Waals surface area contributed by atoms with E-state index in [-0.39, 0.29) is 5.41 Å². The summed E-state index contributed by atoms with van der Waals surface area (Å²) in [6.07, 6.45) is 5.92. The second-order valence-corrected chi connectivity index (χ2v) is 20.9. The number of para-hydroxylation sites is 2. The van der Waals surface area contributed by atoms with Gasteiger partial charge in [0.25, 0.3) is 6.33 Å². The lowest BCUT2D eigenvalue weighted by Crippen LogP contribution is -2.31. The lowest BCUT2D eigenvalue weighted by Gasteiger charge is -2.20. The number of hydrogen-bond donors (Lipinski definition) is 0. The van der Waals surface area contributed by atoms with Crippen LogP contribution in [0.15, 0.2) is 241 Å². The molecule has 10 aromatic carbocycles. The number of furan rings is 1. The van der Waals surface area contributed by atoms with Gasteiger partial charge >= 0.3 is 0 Å². The molecular weight excluding hydrogens is 929 g/mol. The number of benzene rings is 10. The normalized spacial score (nSPS) is 12.1. The van der Waals surface area contributed by atoms with Crippen LogP contribution in [0.2, 0.25) is 0 Å². The Bertz CT molecular complexity index is 4650. The topological polar surface area (TPSA) is 49.0 Å². The lowest BCUT2D eigenvalue weighted by atomic mass is 9.88. The van der Waals surface area contributed by atoms with E-state index in [1.54, 1.807) is 0 Å². The number of aromatic nitrogens is 4. The molecule has 0 N–H and O–H groups in total. The quantitative estimate of drug-likeness (QED) is 0.123. The molecule has 1 aliphatic rings. The van der Waals surface area contributed by atoms with Crippen LogP contribution < -0.4 is 9.30 Å². The van der Waals surface area contributed by atoms with Gasteiger partial charge in [0.2, 0.25) is 0 Å². The Hall–Kier alpha value is -9.78. The predicted octanol–water partition coefficient (Wildman–Crippen LogP) is 17.8. The highest BCUT2D eigenvalue weighted by atomic mass is 16.5. The van der Waals surface area contributed by atoms with Crippen molar-refractivity contribution in [2.45, 2.75) is 26.2 Å². The molecule has 0 bridgehead atoms. The molecule has 6 heteroatoms. The Kier molecular flexibility index (Phi) is 9.72. The zero-order chi connectivity index (χ0) is 50.6. The highest BCUT2D eigenvalue weighted by Crippen LogP contribution is 2.48. The van der Waals surface area contributed by atoms with Crippen LogP contribution in [0.3, 0.4) is 0 Å². The second-order valence-electron chi connectivity index (χ2n) is 20.9. The minimum Gasteiger partial charge on any atom is -0.458 e. The van der Waals surface area contributed by atoms with E-state index in [0.29, 0.717) is 5.75 Å². The number of hydrogen-bond acceptors (Lipinski definition) is 3. The van der Waals surface area contributed by atoms with Gasteiger partial charge in [-0.1, -0.05) is 178 Å². The molecule has 14 aromatic rings. The number of rotatable bonds is 6. The molecule has 0 amide bonds. The van der Waals surface area contributed by atoms with Gasteiger partial charge in [-0.05, 0) is 128 Å². The van der Waals surface area contributed by atoms with Crippen LogP contribution in [0.25, 0.3) is 128 Å². The van der Waals surface area contributed by atoms with Gasteiger partial charge in [-0.25, -0.2) is 4.98 Å². The van der Waals surface area contributed by atoms with Crippen LogP contribution >= 0.6 is 0 Å². The summed E-state index contributed by atoms with van der Waals surface area (Å²) in [6.45, 7) is 6.72. The van der Waals surface area contributed by atoms with Gasteiger partial charge < -0.3 is 9.15 Å². The zero-order valence-electron chi connectivity index (χ0n) is 42.1. The van der Waals surface area contributed by atoms with Gasteiger partial charge in [0.05, 0.1) is 33.4 Å². The fourth-order valence-electron chi connectivity index (χ4n) is 11.8. The molecule has 5 heterocycles. The Morgan fingerprint density at radius 1 is 0.474 bits per heavy atom. The molecule has 0 saturated heterocycles. The summed E-state index contributed by atoms with van der Waals surface area (Å²) in [7, 11) is 0. The Balaban J connectivity index is 0.955. The third kappa shape index (κ3) is 6.88. The molecule has 0 unspecified atom stereocenters. The zero-order valence-corrected chi connectivity index (χ0v) is 42.1. The molecule has 360 valence electrons. The number of ether oxygens (including phenoxy) is 1. The van der Waals surface area contributed by atoms with Crippen LogP contribution in [0.4, 0.5) is 0 Å². The van der Waals surface area contributed by atoms with Gasteiger partial charge in [0, 0.05) is 39.4 Å². The van der Waals surface area contributed by atoms with Crippen molar-refractivity contribution in [2.24, 2.45) is 0 Å². The first-order valence-corrected chi connectivity index (χ1v) is 25.9. The van der Waals surface area contributed by atoms with E-state index in [9.17, 15) is 0 Å². The summed E-state index contributed by atoms with van der Waals surface area (Å²) in [5, 5.41) is 4.35. The lowest BCUT2D eigenvalue weighted by molar-refractivity contribution is -0.569. The molecule has 0 fully saturated rings. The number of pyridine rings is 1. The van der Waals surface area contributed by atoms with Crippen molar-refractivity contribution in [3.63, 3.8) is 0 Å². The monoisotopic (exact) mass is 976 g/mol. The maximum absolute atomic E-state index is 7.13. The average molecular weight is 977 g/mol. The summed E-state index contributed by atoms with van der Waals surface area (Å²) in [5.74, 6) is 2.31. The van der Waals surface area contributed by atoms with E-state index >= 15 is 0 Å². The van der Waals surface area contributed by atoms with Gasteiger partial charge in [-0.15, -0.1) is 0 Å². The van der Waals surface area contributed by atoms with Gasteiger partial charge in [0.15, 0.2) is 0 Å². The van der Waals surface area contributed by atoms with Crippen molar-refractivity contribution in [3.05, 3.63) is 249 Å². The number of nitrogens with zero attached hydrogens (tertiary/aromatic N) is 4. The molecule has 0 spiro atoms. The molecule has 76 heavy (non-hydrogen) atoms. The standard InChI is InChI=1S/C70H48N4O2/c1-70(2,3)47-36-37-71-65(40-47)74-61-30-15-14-28-55(61)56-33-32-50(42-63(56)74)75-49-23-16-22-48(41-49)72-43-73-67-57(29-17-31-62(67)72)53-26-12-10-24-51(53)52-25-11-13-27-54(52)58-34-35-64-66(68(58)73)60-39-46(44-18-6-4-7-19-44)38-59(69(60)76-64)45-20-8-5-9-21-45/h4-42H,1-3H3. The number of fused-ring (bicyclic) bond motifs is 14. The smallest absolute Gasteiger partial charge is 0.269 e.